The molecule has 0 saturated heterocycles. The van der Waals surface area contributed by atoms with Crippen molar-refractivity contribution in [3.8, 4) is 0 Å². The Hall–Kier alpha value is -2.21. The van der Waals surface area contributed by atoms with Crippen LogP contribution in [0.4, 0.5) is 0 Å². The fourth-order valence-corrected chi connectivity index (χ4v) is 2.85. The van der Waals surface area contributed by atoms with E-state index in [2.05, 4.69) is 4.98 Å². The lowest BCUT2D eigenvalue weighted by molar-refractivity contribution is 0.0695. The second kappa shape index (κ2) is 6.70. The van der Waals surface area contributed by atoms with Gasteiger partial charge in [-0.3, -0.25) is 4.79 Å². The summed E-state index contributed by atoms with van der Waals surface area (Å²) in [6.45, 7) is 4.51. The molecule has 0 radical (unpaired) electrons. The monoisotopic (exact) mass is 318 g/mol. The number of thiazole rings is 1. The maximum atomic E-state index is 12.4. The van der Waals surface area contributed by atoms with Crippen molar-refractivity contribution in [3.63, 3.8) is 0 Å². The fraction of sp³-hybridized carbons (Fsp3) is 0.312. The summed E-state index contributed by atoms with van der Waals surface area (Å²) in [6, 6.07) is 6.53. The molecule has 22 heavy (non-hydrogen) atoms. The van der Waals surface area contributed by atoms with Crippen LogP contribution in [-0.2, 0) is 6.54 Å². The highest BCUT2D eigenvalue weighted by atomic mass is 32.1. The number of hydrogen-bond acceptors (Lipinski definition) is 4. The first-order chi connectivity index (χ1) is 10.4. The summed E-state index contributed by atoms with van der Waals surface area (Å²) in [5.74, 6) is -0.728. The van der Waals surface area contributed by atoms with Crippen LogP contribution >= 0.6 is 11.3 Å². The number of carboxylic acid groups (broad SMARTS) is 1. The zero-order chi connectivity index (χ0) is 16.3. The van der Waals surface area contributed by atoms with Gasteiger partial charge in [-0.2, -0.15) is 0 Å². The van der Waals surface area contributed by atoms with E-state index < -0.39 is 5.97 Å². The van der Waals surface area contributed by atoms with Crippen LogP contribution < -0.4 is 0 Å². The molecule has 1 aromatic heterocycles. The molecular formula is C16H18N2O3S. The Morgan fingerprint density at radius 1 is 1.27 bits per heavy atom. The minimum Gasteiger partial charge on any atom is -0.478 e. The van der Waals surface area contributed by atoms with E-state index in [1.54, 1.807) is 42.4 Å². The van der Waals surface area contributed by atoms with Crippen LogP contribution in [0.5, 0.6) is 0 Å². The van der Waals surface area contributed by atoms with E-state index in [-0.39, 0.29) is 11.5 Å². The molecule has 0 aliphatic rings. The normalized spacial score (nSPS) is 10.7. The average molecular weight is 318 g/mol. The van der Waals surface area contributed by atoms with Crippen LogP contribution in [0.15, 0.2) is 30.5 Å². The molecule has 5 nitrogen and oxygen atoms in total. The van der Waals surface area contributed by atoms with Crippen molar-refractivity contribution in [1.29, 1.82) is 0 Å². The first-order valence-corrected chi connectivity index (χ1v) is 7.73. The van der Waals surface area contributed by atoms with Gasteiger partial charge in [0, 0.05) is 19.5 Å². The Kier molecular flexibility index (Phi) is 4.92. The van der Waals surface area contributed by atoms with E-state index in [0.29, 0.717) is 17.3 Å². The zero-order valence-electron chi connectivity index (χ0n) is 12.7. The number of rotatable bonds is 5. The first-order valence-electron chi connectivity index (χ1n) is 6.92. The fourth-order valence-electron chi connectivity index (χ4n) is 1.94. The van der Waals surface area contributed by atoms with Crippen LogP contribution in [0.2, 0.25) is 0 Å². The molecule has 2 aromatic rings. The van der Waals surface area contributed by atoms with Crippen LogP contribution in [0, 0.1) is 0 Å². The molecule has 1 aromatic carbocycles. The number of hydrogen-bond donors (Lipinski definition) is 1. The predicted octanol–water partition coefficient (Wildman–Crippen LogP) is 3.24. The van der Waals surface area contributed by atoms with Gasteiger partial charge in [0.25, 0.3) is 5.91 Å². The Bertz CT molecular complexity index is 677. The molecule has 0 bridgehead atoms. The Morgan fingerprint density at radius 3 is 2.41 bits per heavy atom. The summed E-state index contributed by atoms with van der Waals surface area (Å²) in [6.07, 6.45) is 1.62. The molecule has 0 fully saturated rings. The molecule has 1 N–H and O–H groups in total. The molecule has 1 amide bonds. The lowest BCUT2D eigenvalue weighted by Crippen LogP contribution is -2.25. The number of carboxylic acids is 1. The van der Waals surface area contributed by atoms with Crippen molar-refractivity contribution < 1.29 is 14.7 Å². The minimum absolute atomic E-state index is 0.0771. The molecule has 0 saturated carbocycles. The molecule has 0 aliphatic carbocycles. The van der Waals surface area contributed by atoms with Gasteiger partial charge >= 0.3 is 5.97 Å². The smallest absolute Gasteiger partial charge is 0.335 e. The SMILES string of the molecule is CC(C)c1ncc(C(=O)N(C)Cc2ccc(C(=O)O)cc2)s1. The number of nitrogens with zero attached hydrogens (tertiary/aromatic N) is 2. The van der Waals surface area contributed by atoms with Gasteiger partial charge in [0.15, 0.2) is 0 Å². The summed E-state index contributed by atoms with van der Waals surface area (Å²) in [5.41, 5.74) is 1.12. The number of amides is 1. The van der Waals surface area contributed by atoms with Gasteiger partial charge in [0.2, 0.25) is 0 Å². The Morgan fingerprint density at radius 2 is 1.91 bits per heavy atom. The highest BCUT2D eigenvalue weighted by Gasteiger charge is 2.16. The molecule has 1 heterocycles. The third kappa shape index (κ3) is 3.71. The minimum atomic E-state index is -0.957. The quantitative estimate of drug-likeness (QED) is 0.919. The average Bonchev–Trinajstić information content (AvgIpc) is 2.97. The van der Waals surface area contributed by atoms with Gasteiger partial charge in [0.1, 0.15) is 4.88 Å². The topological polar surface area (TPSA) is 70.5 Å². The molecule has 0 spiro atoms. The highest BCUT2D eigenvalue weighted by Crippen LogP contribution is 2.22. The number of benzene rings is 1. The standard InChI is InChI=1S/C16H18N2O3S/c1-10(2)14-17-8-13(22-14)15(19)18(3)9-11-4-6-12(7-5-11)16(20)21/h4-8,10H,9H2,1-3H3,(H,20,21). The molecule has 2 rings (SSSR count). The van der Waals surface area contributed by atoms with Gasteiger partial charge in [-0.1, -0.05) is 26.0 Å². The second-order valence-corrected chi connectivity index (χ2v) is 6.44. The van der Waals surface area contributed by atoms with Gasteiger partial charge in [-0.15, -0.1) is 11.3 Å². The first kappa shape index (κ1) is 16.2. The summed E-state index contributed by atoms with van der Waals surface area (Å²) < 4.78 is 0. The van der Waals surface area contributed by atoms with Gasteiger partial charge in [-0.25, -0.2) is 9.78 Å². The maximum Gasteiger partial charge on any atom is 0.335 e. The highest BCUT2D eigenvalue weighted by molar-refractivity contribution is 7.13. The molecule has 6 heteroatoms. The maximum absolute atomic E-state index is 12.4. The molecule has 0 unspecified atom stereocenters. The summed E-state index contributed by atoms with van der Waals surface area (Å²) in [4.78, 5) is 29.7. The van der Waals surface area contributed by atoms with E-state index in [1.165, 1.54) is 11.3 Å². The summed E-state index contributed by atoms with van der Waals surface area (Å²) in [7, 11) is 1.72. The summed E-state index contributed by atoms with van der Waals surface area (Å²) in [5, 5.41) is 9.82. The van der Waals surface area contributed by atoms with E-state index >= 15 is 0 Å². The zero-order valence-corrected chi connectivity index (χ0v) is 13.6. The van der Waals surface area contributed by atoms with Crippen molar-refractivity contribution >= 4 is 23.2 Å². The molecular weight excluding hydrogens is 300 g/mol. The van der Waals surface area contributed by atoms with Crippen molar-refractivity contribution in [2.45, 2.75) is 26.3 Å². The van der Waals surface area contributed by atoms with E-state index in [0.717, 1.165) is 10.6 Å². The number of aromatic carboxylic acids is 1. The summed E-state index contributed by atoms with van der Waals surface area (Å²) >= 11 is 1.41. The number of carbonyl (C=O) groups excluding carboxylic acids is 1. The number of carbonyl (C=O) groups is 2. The lowest BCUT2D eigenvalue weighted by Gasteiger charge is -2.16. The third-order valence-electron chi connectivity index (χ3n) is 3.20. The van der Waals surface area contributed by atoms with Gasteiger partial charge in [-0.05, 0) is 17.7 Å². The number of aromatic nitrogens is 1. The van der Waals surface area contributed by atoms with Crippen LogP contribution in [0.1, 0.15) is 50.4 Å². The van der Waals surface area contributed by atoms with E-state index in [1.807, 2.05) is 13.8 Å². The van der Waals surface area contributed by atoms with Crippen molar-refractivity contribution in [2.75, 3.05) is 7.05 Å². The van der Waals surface area contributed by atoms with E-state index in [9.17, 15) is 9.59 Å². The Balaban J connectivity index is 2.05. The van der Waals surface area contributed by atoms with Crippen LogP contribution in [0.3, 0.4) is 0 Å². The Labute approximate surface area is 133 Å². The lowest BCUT2D eigenvalue weighted by atomic mass is 10.1. The van der Waals surface area contributed by atoms with Crippen molar-refractivity contribution in [1.82, 2.24) is 9.88 Å². The second-order valence-electron chi connectivity index (χ2n) is 5.38. The van der Waals surface area contributed by atoms with Crippen LogP contribution in [-0.4, -0.2) is 33.9 Å². The van der Waals surface area contributed by atoms with E-state index in [4.69, 9.17) is 5.11 Å². The van der Waals surface area contributed by atoms with Gasteiger partial charge in [0.05, 0.1) is 16.8 Å². The van der Waals surface area contributed by atoms with Crippen molar-refractivity contribution in [3.05, 3.63) is 51.5 Å². The molecule has 0 aliphatic heterocycles. The van der Waals surface area contributed by atoms with Crippen LogP contribution in [0.25, 0.3) is 0 Å². The van der Waals surface area contributed by atoms with Crippen molar-refractivity contribution in [2.24, 2.45) is 0 Å². The largest absolute Gasteiger partial charge is 0.478 e. The predicted molar refractivity (Wildman–Crippen MR) is 85.4 cm³/mol. The third-order valence-corrected chi connectivity index (χ3v) is 4.48. The molecule has 0 atom stereocenters. The van der Waals surface area contributed by atoms with Gasteiger partial charge < -0.3 is 10.0 Å². The molecule has 116 valence electrons.